The minimum Gasteiger partial charge on any atom is -0.480 e. The van der Waals surface area contributed by atoms with E-state index >= 15 is 0 Å². The molecule has 6 heteroatoms. The second kappa shape index (κ2) is 8.74. The molecule has 2 amide bonds. The monoisotopic (exact) mass is 260 g/mol. The average Bonchev–Trinajstić information content (AvgIpc) is 2.24. The molecule has 0 spiro atoms. The smallest absolute Gasteiger partial charge is 0.326 e. The maximum Gasteiger partial charge on any atom is 0.326 e. The van der Waals surface area contributed by atoms with Gasteiger partial charge < -0.3 is 20.5 Å². The van der Waals surface area contributed by atoms with Crippen molar-refractivity contribution in [2.75, 3.05) is 13.2 Å². The lowest BCUT2D eigenvalue weighted by Gasteiger charge is -2.19. The van der Waals surface area contributed by atoms with Crippen LogP contribution in [0.2, 0.25) is 0 Å². The highest BCUT2D eigenvalue weighted by Gasteiger charge is 2.21. The van der Waals surface area contributed by atoms with Gasteiger partial charge in [-0.15, -0.1) is 0 Å². The number of amides is 2. The normalized spacial score (nSPS) is 14.1. The van der Waals surface area contributed by atoms with E-state index in [0.717, 1.165) is 0 Å². The zero-order chi connectivity index (χ0) is 14.1. The van der Waals surface area contributed by atoms with Gasteiger partial charge in [0.25, 0.3) is 0 Å². The molecule has 0 saturated carbocycles. The van der Waals surface area contributed by atoms with Crippen LogP contribution in [0.4, 0.5) is 4.79 Å². The maximum atomic E-state index is 11.6. The number of carbonyl (C=O) groups is 2. The predicted octanol–water partition coefficient (Wildman–Crippen LogP) is 1.21. The summed E-state index contributed by atoms with van der Waals surface area (Å²) in [6, 6.07) is -1.49. The molecule has 0 radical (unpaired) electrons. The highest BCUT2D eigenvalue weighted by molar-refractivity contribution is 5.82. The molecule has 0 bridgehead atoms. The molecule has 0 saturated heterocycles. The van der Waals surface area contributed by atoms with Gasteiger partial charge in [-0.3, -0.25) is 0 Å². The Kier molecular flexibility index (Phi) is 8.11. The molecule has 0 heterocycles. The van der Waals surface area contributed by atoms with E-state index in [4.69, 9.17) is 9.84 Å². The van der Waals surface area contributed by atoms with E-state index in [-0.39, 0.29) is 12.0 Å². The quantitative estimate of drug-likeness (QED) is 0.612. The molecule has 0 rings (SSSR count). The van der Waals surface area contributed by atoms with Crippen molar-refractivity contribution in [3.63, 3.8) is 0 Å². The fraction of sp³-hybridized carbons (Fsp3) is 0.833. The molecule has 3 N–H and O–H groups in total. The van der Waals surface area contributed by atoms with Gasteiger partial charge in [-0.05, 0) is 26.2 Å². The summed E-state index contributed by atoms with van der Waals surface area (Å²) >= 11 is 0. The first kappa shape index (κ1) is 16.7. The summed E-state index contributed by atoms with van der Waals surface area (Å²) in [5.41, 5.74) is 0. The van der Waals surface area contributed by atoms with Gasteiger partial charge in [-0.1, -0.05) is 13.8 Å². The Labute approximate surface area is 108 Å². The Morgan fingerprint density at radius 1 is 1.22 bits per heavy atom. The highest BCUT2D eigenvalue weighted by atomic mass is 16.5. The van der Waals surface area contributed by atoms with Crippen LogP contribution in [0.15, 0.2) is 0 Å². The number of carboxylic acid groups (broad SMARTS) is 1. The van der Waals surface area contributed by atoms with Crippen LogP contribution in [0, 0.1) is 5.92 Å². The Hall–Kier alpha value is -1.30. The van der Waals surface area contributed by atoms with Crippen LogP contribution in [-0.4, -0.2) is 42.4 Å². The van der Waals surface area contributed by atoms with Crippen molar-refractivity contribution >= 4 is 12.0 Å². The maximum absolute atomic E-state index is 11.6. The third-order valence-electron chi connectivity index (χ3n) is 2.26. The first-order valence-corrected chi connectivity index (χ1v) is 6.24. The largest absolute Gasteiger partial charge is 0.480 e. The Balaban J connectivity index is 4.13. The standard InChI is InChI=1S/C12H24N2O4/c1-5-18-7-9(4)13-12(17)14-10(11(15)16)6-8(2)3/h8-10H,5-7H2,1-4H3,(H,15,16)(H2,13,14,17)/t9?,10-/m0/s1. The number of aliphatic carboxylic acids is 1. The number of carboxylic acids is 1. The molecule has 0 aliphatic rings. The molecule has 0 aliphatic heterocycles. The molecular weight excluding hydrogens is 236 g/mol. The number of carbonyl (C=O) groups excluding carboxylic acids is 1. The van der Waals surface area contributed by atoms with E-state index in [1.165, 1.54) is 0 Å². The molecule has 0 aromatic heterocycles. The van der Waals surface area contributed by atoms with E-state index in [1.54, 1.807) is 6.92 Å². The number of hydrogen-bond donors (Lipinski definition) is 3. The Bertz CT molecular complexity index is 269. The van der Waals surface area contributed by atoms with Gasteiger partial charge in [0, 0.05) is 6.61 Å². The van der Waals surface area contributed by atoms with Crippen LogP contribution in [0.25, 0.3) is 0 Å². The second-order valence-corrected chi connectivity index (χ2v) is 4.70. The molecule has 2 atom stereocenters. The molecule has 0 fully saturated rings. The molecule has 0 aromatic rings. The first-order valence-electron chi connectivity index (χ1n) is 6.24. The van der Waals surface area contributed by atoms with Crippen LogP contribution in [0.5, 0.6) is 0 Å². The van der Waals surface area contributed by atoms with Crippen LogP contribution in [0.1, 0.15) is 34.1 Å². The van der Waals surface area contributed by atoms with Gasteiger partial charge in [0.05, 0.1) is 12.6 Å². The number of nitrogens with one attached hydrogen (secondary N) is 2. The summed E-state index contributed by atoms with van der Waals surface area (Å²) in [4.78, 5) is 22.5. The Morgan fingerprint density at radius 3 is 2.28 bits per heavy atom. The lowest BCUT2D eigenvalue weighted by atomic mass is 10.0. The van der Waals surface area contributed by atoms with E-state index < -0.39 is 18.0 Å². The van der Waals surface area contributed by atoms with Crippen molar-refractivity contribution in [1.82, 2.24) is 10.6 Å². The summed E-state index contributed by atoms with van der Waals surface area (Å²) in [5.74, 6) is -0.816. The first-order chi connectivity index (χ1) is 8.36. The summed E-state index contributed by atoms with van der Waals surface area (Å²) in [7, 11) is 0. The summed E-state index contributed by atoms with van der Waals surface area (Å²) in [5, 5.41) is 14.1. The van der Waals surface area contributed by atoms with E-state index in [1.807, 2.05) is 20.8 Å². The van der Waals surface area contributed by atoms with E-state index in [2.05, 4.69) is 10.6 Å². The van der Waals surface area contributed by atoms with Crippen molar-refractivity contribution < 1.29 is 19.4 Å². The third-order valence-corrected chi connectivity index (χ3v) is 2.26. The van der Waals surface area contributed by atoms with Gasteiger partial charge in [0.1, 0.15) is 6.04 Å². The molecule has 106 valence electrons. The summed E-state index contributed by atoms with van der Waals surface area (Å²) in [6.07, 6.45) is 0.405. The van der Waals surface area contributed by atoms with Gasteiger partial charge in [-0.2, -0.15) is 0 Å². The fourth-order valence-electron chi connectivity index (χ4n) is 1.45. The molecule has 1 unspecified atom stereocenters. The molecule has 6 nitrogen and oxygen atoms in total. The average molecular weight is 260 g/mol. The highest BCUT2D eigenvalue weighted by Crippen LogP contribution is 2.04. The minimum atomic E-state index is -1.02. The van der Waals surface area contributed by atoms with E-state index in [0.29, 0.717) is 19.6 Å². The molecule has 0 aromatic carbocycles. The van der Waals surface area contributed by atoms with Gasteiger partial charge in [0.15, 0.2) is 0 Å². The topological polar surface area (TPSA) is 87.7 Å². The van der Waals surface area contributed by atoms with Crippen LogP contribution in [-0.2, 0) is 9.53 Å². The minimum absolute atomic E-state index is 0.154. The molecule has 18 heavy (non-hydrogen) atoms. The number of hydrogen-bond acceptors (Lipinski definition) is 3. The van der Waals surface area contributed by atoms with Crippen molar-refractivity contribution in [3.8, 4) is 0 Å². The zero-order valence-corrected chi connectivity index (χ0v) is 11.5. The van der Waals surface area contributed by atoms with Crippen molar-refractivity contribution in [2.24, 2.45) is 5.92 Å². The van der Waals surface area contributed by atoms with Crippen LogP contribution < -0.4 is 10.6 Å². The van der Waals surface area contributed by atoms with Crippen molar-refractivity contribution in [1.29, 1.82) is 0 Å². The van der Waals surface area contributed by atoms with Gasteiger partial charge in [-0.25, -0.2) is 9.59 Å². The third kappa shape index (κ3) is 7.89. The van der Waals surface area contributed by atoms with Gasteiger partial charge in [0.2, 0.25) is 0 Å². The number of rotatable bonds is 8. The number of urea groups is 1. The lowest BCUT2D eigenvalue weighted by molar-refractivity contribution is -0.139. The van der Waals surface area contributed by atoms with Gasteiger partial charge >= 0.3 is 12.0 Å². The zero-order valence-electron chi connectivity index (χ0n) is 11.5. The van der Waals surface area contributed by atoms with Crippen molar-refractivity contribution in [3.05, 3.63) is 0 Å². The SMILES string of the molecule is CCOCC(C)NC(=O)N[C@@H](CC(C)C)C(=O)O. The Morgan fingerprint density at radius 2 is 1.83 bits per heavy atom. The fourth-order valence-corrected chi connectivity index (χ4v) is 1.45. The molecule has 0 aliphatic carbocycles. The predicted molar refractivity (Wildman–Crippen MR) is 68.5 cm³/mol. The number of ether oxygens (including phenoxy) is 1. The molecular formula is C12H24N2O4. The van der Waals surface area contributed by atoms with Crippen LogP contribution in [0.3, 0.4) is 0 Å². The lowest BCUT2D eigenvalue weighted by Crippen LogP contribution is -2.49. The van der Waals surface area contributed by atoms with Crippen molar-refractivity contribution in [2.45, 2.75) is 46.2 Å². The summed E-state index contributed by atoms with van der Waals surface area (Å²) in [6.45, 7) is 8.48. The second-order valence-electron chi connectivity index (χ2n) is 4.70. The van der Waals surface area contributed by atoms with E-state index in [9.17, 15) is 9.59 Å². The van der Waals surface area contributed by atoms with Crippen LogP contribution >= 0.6 is 0 Å². The summed E-state index contributed by atoms with van der Waals surface area (Å²) < 4.78 is 5.15.